The van der Waals surface area contributed by atoms with Gasteiger partial charge in [-0.1, -0.05) is 115 Å². The molecule has 0 amide bonds. The predicted octanol–water partition coefficient (Wildman–Crippen LogP) is 3.23. The standard InChI is InChI=1S/C24H47NO4S.K/c1-2-3-4-5-6-7-8-9-10-11-12-13-14-15-16-17-18-19-21-24(26)25-22-20-23-30(27,28)29;/h19,21H,2-18,20,22-23H2,1H3,(H,25,26)(H,27,28,29);/q;+1/p-1/b21-19+;. The van der Waals surface area contributed by atoms with Crippen LogP contribution in [0.3, 0.4) is 0 Å². The normalized spacial score (nSPS) is 12.4. The van der Waals surface area contributed by atoms with E-state index in [9.17, 15) is 13.5 Å². The second kappa shape index (κ2) is 25.4. The molecule has 31 heavy (non-hydrogen) atoms. The van der Waals surface area contributed by atoms with E-state index in [-0.39, 0.29) is 76.0 Å². The second-order valence-electron chi connectivity index (χ2n) is 8.35. The van der Waals surface area contributed by atoms with Crippen molar-refractivity contribution in [2.24, 2.45) is 4.99 Å². The van der Waals surface area contributed by atoms with E-state index in [1.165, 1.54) is 102 Å². The monoisotopic (exact) mass is 483 g/mol. The van der Waals surface area contributed by atoms with Gasteiger partial charge in [-0.2, -0.15) is 8.42 Å². The Bertz CT molecular complexity index is 536. The Labute approximate surface area is 235 Å². The third-order valence-corrected chi connectivity index (χ3v) is 6.12. The molecule has 0 fully saturated rings. The average molecular weight is 484 g/mol. The van der Waals surface area contributed by atoms with Crippen molar-refractivity contribution >= 4 is 16.0 Å². The predicted molar refractivity (Wildman–Crippen MR) is 127 cm³/mol. The molecule has 0 aromatic carbocycles. The summed E-state index contributed by atoms with van der Waals surface area (Å²) >= 11 is 0. The molecule has 5 nitrogen and oxygen atoms in total. The van der Waals surface area contributed by atoms with Crippen LogP contribution in [0.4, 0.5) is 0 Å². The fraction of sp³-hybridized carbons (Fsp3) is 0.875. The van der Waals surface area contributed by atoms with Crippen molar-refractivity contribution in [1.82, 2.24) is 0 Å². The van der Waals surface area contributed by atoms with E-state index in [0.717, 1.165) is 12.8 Å². The molecule has 178 valence electrons. The topological polar surface area (TPSA) is 89.8 Å². The van der Waals surface area contributed by atoms with Crippen LogP contribution >= 0.6 is 0 Å². The van der Waals surface area contributed by atoms with Gasteiger partial charge in [-0.25, -0.2) is 0 Å². The molecule has 0 bridgehead atoms. The van der Waals surface area contributed by atoms with E-state index < -0.39 is 10.1 Å². The third kappa shape index (κ3) is 30.8. The third-order valence-electron chi connectivity index (χ3n) is 5.31. The number of aliphatic imine (C=N–C) groups is 1. The largest absolute Gasteiger partial charge is 1.00 e. The van der Waals surface area contributed by atoms with Gasteiger partial charge in [0.05, 0.1) is 5.75 Å². The molecule has 0 saturated carbocycles. The van der Waals surface area contributed by atoms with Crippen LogP contribution in [-0.4, -0.2) is 31.2 Å². The minimum absolute atomic E-state index is 0. The number of hydrogen-bond acceptors (Lipinski definition) is 4. The van der Waals surface area contributed by atoms with E-state index in [2.05, 4.69) is 11.9 Å². The summed E-state index contributed by atoms with van der Waals surface area (Å²) in [5, 5.41) is 11.5. The molecular formula is C24H46KNO4S. The zero-order valence-corrected chi connectivity index (χ0v) is 24.3. The summed E-state index contributed by atoms with van der Waals surface area (Å²) in [6.07, 6.45) is 25.9. The van der Waals surface area contributed by atoms with Crippen LogP contribution in [0.1, 0.15) is 122 Å². The summed E-state index contributed by atoms with van der Waals surface area (Å²) in [5.74, 6) is -0.686. The van der Waals surface area contributed by atoms with Crippen molar-refractivity contribution in [2.75, 3.05) is 12.3 Å². The summed E-state index contributed by atoms with van der Waals surface area (Å²) in [5.41, 5.74) is 0. The van der Waals surface area contributed by atoms with Crippen molar-refractivity contribution in [3.8, 4) is 0 Å². The molecule has 0 aliphatic carbocycles. The van der Waals surface area contributed by atoms with Gasteiger partial charge in [-0.3, -0.25) is 4.55 Å². The molecular weight excluding hydrogens is 437 g/mol. The number of rotatable bonds is 22. The Morgan fingerprint density at radius 1 is 0.774 bits per heavy atom. The number of allylic oxidation sites excluding steroid dienone is 1. The molecule has 0 aromatic rings. The summed E-state index contributed by atoms with van der Waals surface area (Å²) < 4.78 is 29.7. The Morgan fingerprint density at radius 2 is 1.19 bits per heavy atom. The Hall–Kier alpha value is 0.756. The van der Waals surface area contributed by atoms with Gasteiger partial charge in [0.25, 0.3) is 10.1 Å². The molecule has 0 heterocycles. The van der Waals surface area contributed by atoms with Crippen LogP contribution < -0.4 is 56.5 Å². The molecule has 0 saturated heterocycles. The molecule has 0 rings (SSSR count). The number of unbranched alkanes of at least 4 members (excludes halogenated alkanes) is 16. The molecule has 0 aromatic heterocycles. The molecule has 0 radical (unpaired) electrons. The zero-order valence-electron chi connectivity index (χ0n) is 20.3. The summed E-state index contributed by atoms with van der Waals surface area (Å²) in [6.45, 7) is 2.40. The maximum Gasteiger partial charge on any atom is 1.00 e. The van der Waals surface area contributed by atoms with E-state index >= 15 is 0 Å². The number of nitrogens with zero attached hydrogens (tertiary/aromatic N) is 1. The minimum atomic E-state index is -3.96. The van der Waals surface area contributed by atoms with Gasteiger partial charge in [-0.05, 0) is 25.2 Å². The molecule has 0 atom stereocenters. The van der Waals surface area contributed by atoms with E-state index in [0.29, 0.717) is 0 Å². The van der Waals surface area contributed by atoms with E-state index in [4.69, 9.17) is 4.55 Å². The van der Waals surface area contributed by atoms with Crippen molar-refractivity contribution in [3.05, 3.63) is 12.2 Å². The average Bonchev–Trinajstić information content (AvgIpc) is 2.69. The molecule has 0 unspecified atom stereocenters. The first-order valence-electron chi connectivity index (χ1n) is 12.3. The summed E-state index contributed by atoms with van der Waals surface area (Å²) in [4.78, 5) is 3.74. The Kier molecular flexibility index (Phi) is 27.8. The van der Waals surface area contributed by atoms with Crippen molar-refractivity contribution in [3.63, 3.8) is 0 Å². The first-order valence-corrected chi connectivity index (χ1v) is 13.9. The SMILES string of the molecule is CCCCCCCCCCCCCCCCCC/C=C/C([O-])=NCCCS(=O)(=O)O.[K+]. The van der Waals surface area contributed by atoms with E-state index in [1.807, 2.05) is 6.08 Å². The molecule has 1 N–H and O–H groups in total. The van der Waals surface area contributed by atoms with Crippen LogP contribution in [0.2, 0.25) is 0 Å². The van der Waals surface area contributed by atoms with Crippen LogP contribution in [0.15, 0.2) is 17.1 Å². The zero-order chi connectivity index (χ0) is 22.3. The van der Waals surface area contributed by atoms with Gasteiger partial charge < -0.3 is 10.1 Å². The van der Waals surface area contributed by atoms with Crippen LogP contribution in [0.25, 0.3) is 0 Å². The summed E-state index contributed by atoms with van der Waals surface area (Å²) in [7, 11) is -3.96. The number of hydrogen-bond donors (Lipinski definition) is 1. The van der Waals surface area contributed by atoms with Crippen LogP contribution in [-0.2, 0) is 10.1 Å². The van der Waals surface area contributed by atoms with Gasteiger partial charge in [0.15, 0.2) is 0 Å². The first kappa shape index (κ1) is 33.9. The van der Waals surface area contributed by atoms with Gasteiger partial charge >= 0.3 is 51.4 Å². The minimum Gasteiger partial charge on any atom is -0.859 e. The Morgan fingerprint density at radius 3 is 1.61 bits per heavy atom. The maximum absolute atomic E-state index is 11.5. The molecule has 7 heteroatoms. The van der Waals surface area contributed by atoms with Gasteiger partial charge in [0.1, 0.15) is 0 Å². The smallest absolute Gasteiger partial charge is 0.859 e. The van der Waals surface area contributed by atoms with Crippen LogP contribution in [0, 0.1) is 0 Å². The van der Waals surface area contributed by atoms with Gasteiger partial charge in [-0.15, -0.1) is 0 Å². The molecule has 0 aliphatic rings. The van der Waals surface area contributed by atoms with Crippen LogP contribution in [0.5, 0.6) is 0 Å². The van der Waals surface area contributed by atoms with E-state index in [1.54, 1.807) is 0 Å². The molecule has 0 spiro atoms. The second-order valence-corrected chi connectivity index (χ2v) is 9.93. The van der Waals surface area contributed by atoms with Gasteiger partial charge in [0, 0.05) is 6.54 Å². The van der Waals surface area contributed by atoms with Crippen molar-refractivity contribution < 1.29 is 69.5 Å². The van der Waals surface area contributed by atoms with Gasteiger partial charge in [0.2, 0.25) is 0 Å². The molecule has 0 aliphatic heterocycles. The first-order chi connectivity index (χ1) is 14.5. The quantitative estimate of drug-likeness (QED) is 0.0841. The maximum atomic E-state index is 11.5. The summed E-state index contributed by atoms with van der Waals surface area (Å²) in [6, 6.07) is 0. The fourth-order valence-corrected chi connectivity index (χ4v) is 3.98. The van der Waals surface area contributed by atoms with Crippen molar-refractivity contribution in [2.45, 2.75) is 122 Å². The Balaban J connectivity index is 0. The fourth-order valence-electron chi connectivity index (χ4n) is 3.48. The van der Waals surface area contributed by atoms with Crippen molar-refractivity contribution in [1.29, 1.82) is 0 Å².